The van der Waals surface area contributed by atoms with Crippen LogP contribution in [0.15, 0.2) is 23.1 Å². The smallest absolute Gasteiger partial charge is 0.307 e. The molecule has 1 aromatic rings. The van der Waals surface area contributed by atoms with E-state index < -0.39 is 5.97 Å². The van der Waals surface area contributed by atoms with Crippen LogP contribution in [-0.2, 0) is 11.2 Å². The molecule has 0 aliphatic rings. The Morgan fingerprint density at radius 3 is 2.72 bits per heavy atom. The summed E-state index contributed by atoms with van der Waals surface area (Å²) in [7, 11) is 0. The lowest BCUT2D eigenvalue weighted by molar-refractivity contribution is -0.136. The molecule has 0 heterocycles. The highest BCUT2D eigenvalue weighted by atomic mass is 32.2. The van der Waals surface area contributed by atoms with Crippen molar-refractivity contribution in [1.82, 2.24) is 0 Å². The number of hydrogen-bond acceptors (Lipinski definition) is 4. The molecule has 0 saturated carbocycles. The molecule has 1 atom stereocenters. The summed E-state index contributed by atoms with van der Waals surface area (Å²) in [6.07, 6.45) is 0.0480. The summed E-state index contributed by atoms with van der Waals surface area (Å²) in [6.45, 7) is 3.70. The van der Waals surface area contributed by atoms with Crippen molar-refractivity contribution in [2.45, 2.75) is 31.2 Å². The number of carboxylic acid groups (broad SMARTS) is 1. The van der Waals surface area contributed by atoms with Gasteiger partial charge in [0.05, 0.1) is 6.42 Å². The second-order valence-electron chi connectivity index (χ2n) is 4.26. The van der Waals surface area contributed by atoms with Crippen LogP contribution in [0.4, 0.5) is 0 Å². The van der Waals surface area contributed by atoms with E-state index in [2.05, 4.69) is 0 Å². The number of nitrogens with two attached hydrogens (primary N) is 1. The fourth-order valence-electron chi connectivity index (χ4n) is 1.41. The number of aliphatic carboxylic acids is 1. The maximum Gasteiger partial charge on any atom is 0.307 e. The molecule has 0 amide bonds. The Morgan fingerprint density at radius 1 is 1.56 bits per heavy atom. The van der Waals surface area contributed by atoms with E-state index in [0.29, 0.717) is 11.5 Å². The second kappa shape index (κ2) is 6.56. The van der Waals surface area contributed by atoms with Crippen molar-refractivity contribution in [2.75, 3.05) is 5.75 Å². The van der Waals surface area contributed by atoms with Crippen molar-refractivity contribution in [2.24, 2.45) is 5.73 Å². The van der Waals surface area contributed by atoms with E-state index in [1.165, 1.54) is 0 Å². The lowest BCUT2D eigenvalue weighted by Crippen LogP contribution is -2.27. The number of rotatable bonds is 6. The standard InChI is InChI=1S/C13H18N2O2S/c1-8-5-11(18-7-12(15)9(2)14)4-3-10(8)6-13(16)17/h3-5,9,15H,6-7,14H2,1-2H3,(H,16,17). The number of aryl methyl sites for hydroxylation is 1. The lowest BCUT2D eigenvalue weighted by Gasteiger charge is -2.09. The zero-order chi connectivity index (χ0) is 13.7. The minimum atomic E-state index is -0.822. The Bertz CT molecular complexity index is 458. The molecular weight excluding hydrogens is 248 g/mol. The Balaban J connectivity index is 2.67. The minimum Gasteiger partial charge on any atom is -0.481 e. The van der Waals surface area contributed by atoms with Crippen molar-refractivity contribution < 1.29 is 9.90 Å². The summed E-state index contributed by atoms with van der Waals surface area (Å²) >= 11 is 1.55. The zero-order valence-corrected chi connectivity index (χ0v) is 11.4. The number of benzene rings is 1. The number of nitrogens with one attached hydrogen (secondary N) is 1. The largest absolute Gasteiger partial charge is 0.481 e. The minimum absolute atomic E-state index is 0.0480. The molecule has 1 aromatic carbocycles. The van der Waals surface area contributed by atoms with Crippen LogP contribution >= 0.6 is 11.8 Å². The van der Waals surface area contributed by atoms with Gasteiger partial charge in [0.1, 0.15) is 0 Å². The molecule has 0 bridgehead atoms. The Hall–Kier alpha value is -1.33. The normalized spacial score (nSPS) is 12.2. The molecule has 0 radical (unpaired) electrons. The van der Waals surface area contributed by atoms with Gasteiger partial charge in [-0.2, -0.15) is 0 Å². The summed E-state index contributed by atoms with van der Waals surface area (Å²) in [6, 6.07) is 5.47. The first-order valence-corrected chi connectivity index (χ1v) is 6.65. The first-order valence-electron chi connectivity index (χ1n) is 5.67. The van der Waals surface area contributed by atoms with Gasteiger partial charge in [0.2, 0.25) is 0 Å². The van der Waals surface area contributed by atoms with E-state index in [1.807, 2.05) is 25.1 Å². The van der Waals surface area contributed by atoms with Gasteiger partial charge in [-0.05, 0) is 37.1 Å². The molecule has 1 unspecified atom stereocenters. The molecule has 0 aliphatic heterocycles. The molecule has 0 aromatic heterocycles. The first kappa shape index (κ1) is 14.7. The quantitative estimate of drug-likeness (QED) is 0.543. The highest BCUT2D eigenvalue weighted by Crippen LogP contribution is 2.22. The van der Waals surface area contributed by atoms with Crippen LogP contribution in [0.5, 0.6) is 0 Å². The van der Waals surface area contributed by atoms with Gasteiger partial charge in [0, 0.05) is 22.4 Å². The summed E-state index contributed by atoms with van der Waals surface area (Å²) < 4.78 is 0. The van der Waals surface area contributed by atoms with E-state index in [0.717, 1.165) is 16.0 Å². The second-order valence-corrected chi connectivity index (χ2v) is 5.31. The van der Waals surface area contributed by atoms with Gasteiger partial charge in [0.15, 0.2) is 0 Å². The zero-order valence-electron chi connectivity index (χ0n) is 10.6. The van der Waals surface area contributed by atoms with Crippen molar-refractivity contribution in [3.8, 4) is 0 Å². The third kappa shape index (κ3) is 4.50. The highest BCUT2D eigenvalue weighted by molar-refractivity contribution is 8.00. The topological polar surface area (TPSA) is 87.2 Å². The highest BCUT2D eigenvalue weighted by Gasteiger charge is 2.07. The predicted octanol–water partition coefficient (Wildman–Crippen LogP) is 2.08. The van der Waals surface area contributed by atoms with Gasteiger partial charge < -0.3 is 16.2 Å². The third-order valence-electron chi connectivity index (χ3n) is 2.60. The molecule has 0 fully saturated rings. The Kier molecular flexibility index (Phi) is 5.37. The van der Waals surface area contributed by atoms with Gasteiger partial charge in [-0.15, -0.1) is 11.8 Å². The van der Waals surface area contributed by atoms with Crippen LogP contribution < -0.4 is 5.73 Å². The van der Waals surface area contributed by atoms with Crippen molar-refractivity contribution in [3.05, 3.63) is 29.3 Å². The summed E-state index contributed by atoms with van der Waals surface area (Å²) in [4.78, 5) is 11.7. The maximum absolute atomic E-state index is 10.6. The SMILES string of the molecule is Cc1cc(SCC(=N)C(C)N)ccc1CC(=O)O. The number of carboxylic acids is 1. The number of thioether (sulfide) groups is 1. The van der Waals surface area contributed by atoms with E-state index in [-0.39, 0.29) is 12.5 Å². The van der Waals surface area contributed by atoms with E-state index >= 15 is 0 Å². The van der Waals surface area contributed by atoms with Crippen LogP contribution in [0.25, 0.3) is 0 Å². The molecular formula is C13H18N2O2S. The fourth-order valence-corrected chi connectivity index (χ4v) is 2.42. The van der Waals surface area contributed by atoms with Crippen LogP contribution in [0.3, 0.4) is 0 Å². The molecule has 4 nitrogen and oxygen atoms in total. The van der Waals surface area contributed by atoms with Crippen LogP contribution in [0, 0.1) is 12.3 Å². The lowest BCUT2D eigenvalue weighted by atomic mass is 10.1. The van der Waals surface area contributed by atoms with Gasteiger partial charge in [-0.3, -0.25) is 4.79 Å². The van der Waals surface area contributed by atoms with Gasteiger partial charge in [-0.1, -0.05) is 6.07 Å². The van der Waals surface area contributed by atoms with Crippen molar-refractivity contribution in [3.63, 3.8) is 0 Å². The van der Waals surface area contributed by atoms with Crippen LogP contribution in [0.2, 0.25) is 0 Å². The summed E-state index contributed by atoms with van der Waals surface area (Å²) in [5.41, 5.74) is 7.91. The molecule has 0 saturated heterocycles. The first-order chi connectivity index (χ1) is 8.40. The molecule has 0 spiro atoms. The predicted molar refractivity (Wildman–Crippen MR) is 74.6 cm³/mol. The van der Waals surface area contributed by atoms with Crippen molar-refractivity contribution >= 4 is 23.4 Å². The maximum atomic E-state index is 10.6. The van der Waals surface area contributed by atoms with Crippen LogP contribution in [-0.4, -0.2) is 28.6 Å². The Labute approximate surface area is 111 Å². The number of hydrogen-bond donors (Lipinski definition) is 3. The number of carbonyl (C=O) groups is 1. The third-order valence-corrected chi connectivity index (χ3v) is 3.64. The van der Waals surface area contributed by atoms with Gasteiger partial charge >= 0.3 is 5.97 Å². The van der Waals surface area contributed by atoms with E-state index in [1.54, 1.807) is 18.7 Å². The van der Waals surface area contributed by atoms with E-state index in [4.69, 9.17) is 16.2 Å². The molecule has 5 heteroatoms. The molecule has 1 rings (SSSR count). The van der Waals surface area contributed by atoms with Crippen LogP contribution in [0.1, 0.15) is 18.1 Å². The summed E-state index contributed by atoms with van der Waals surface area (Å²) in [5.74, 6) is -0.257. The molecule has 98 valence electrons. The van der Waals surface area contributed by atoms with Crippen molar-refractivity contribution in [1.29, 1.82) is 5.41 Å². The molecule has 4 N–H and O–H groups in total. The average Bonchev–Trinajstić information content (AvgIpc) is 2.28. The summed E-state index contributed by atoms with van der Waals surface area (Å²) in [5, 5.41) is 16.4. The van der Waals surface area contributed by atoms with Gasteiger partial charge in [-0.25, -0.2) is 0 Å². The monoisotopic (exact) mass is 266 g/mol. The molecule has 18 heavy (non-hydrogen) atoms. The Morgan fingerprint density at radius 2 is 2.22 bits per heavy atom. The fraction of sp³-hybridized carbons (Fsp3) is 0.385. The van der Waals surface area contributed by atoms with E-state index in [9.17, 15) is 4.79 Å². The molecule has 0 aliphatic carbocycles. The van der Waals surface area contributed by atoms with Gasteiger partial charge in [0.25, 0.3) is 0 Å². The average molecular weight is 266 g/mol.